The molecule has 6 nitrogen and oxygen atoms in total. The monoisotopic (exact) mass is 313 g/mol. The zero-order valence-electron chi connectivity index (χ0n) is 12.4. The van der Waals surface area contributed by atoms with E-state index in [0.29, 0.717) is 31.4 Å². The third-order valence-corrected chi connectivity index (χ3v) is 3.49. The lowest BCUT2D eigenvalue weighted by Crippen LogP contribution is -2.59. The molecule has 0 saturated carbocycles. The molecule has 1 atom stereocenters. The second-order valence-electron chi connectivity index (χ2n) is 4.75. The quantitative estimate of drug-likeness (QED) is 0.310. The van der Waals surface area contributed by atoms with Gasteiger partial charge in [0.2, 0.25) is 5.91 Å². The van der Waals surface area contributed by atoms with Crippen molar-refractivity contribution in [3.63, 3.8) is 0 Å². The Morgan fingerprint density at radius 2 is 2.43 bits per heavy atom. The molecule has 0 radical (unpaired) electrons. The van der Waals surface area contributed by atoms with Gasteiger partial charge in [0, 0.05) is 19.6 Å². The van der Waals surface area contributed by atoms with Crippen LogP contribution in [0.15, 0.2) is 12.7 Å². The highest BCUT2D eigenvalue weighted by Crippen LogP contribution is 2.10. The van der Waals surface area contributed by atoms with Crippen LogP contribution in [0.4, 0.5) is 0 Å². The van der Waals surface area contributed by atoms with E-state index in [1.54, 1.807) is 11.0 Å². The number of nitrogens with zero attached hydrogens (tertiary/aromatic N) is 1. The molecule has 0 bridgehead atoms. The molecule has 1 saturated heterocycles. The molecule has 2 N–H and O–H groups in total. The molecule has 1 amide bonds. The van der Waals surface area contributed by atoms with Crippen LogP contribution in [0.3, 0.4) is 0 Å². The fourth-order valence-corrected chi connectivity index (χ4v) is 2.27. The number of esters is 1. The maximum absolute atomic E-state index is 12.0. The fourth-order valence-electron chi connectivity index (χ4n) is 1.97. The van der Waals surface area contributed by atoms with Crippen LogP contribution in [-0.4, -0.2) is 54.2 Å². The minimum atomic E-state index is -0.613. The predicted octanol–water partition coefficient (Wildman–Crippen LogP) is 0.581. The second kappa shape index (κ2) is 9.33. The normalized spacial score (nSPS) is 17.9. The van der Waals surface area contributed by atoms with Crippen LogP contribution in [0.5, 0.6) is 0 Å². The summed E-state index contributed by atoms with van der Waals surface area (Å²) in [7, 11) is 0. The molecule has 0 spiro atoms. The SMILES string of the molecule is C=CCNC(=S)N1CCNC(=O)C1CC(=O)OCCCC. The van der Waals surface area contributed by atoms with Gasteiger partial charge in [-0.15, -0.1) is 6.58 Å². The number of carbonyl (C=O) groups excluding carboxylic acids is 2. The summed E-state index contributed by atoms with van der Waals surface area (Å²) in [6, 6.07) is -0.613. The number of amides is 1. The van der Waals surface area contributed by atoms with E-state index in [1.165, 1.54) is 0 Å². The minimum absolute atomic E-state index is 0.00541. The van der Waals surface area contributed by atoms with Crippen LogP contribution in [-0.2, 0) is 14.3 Å². The predicted molar refractivity (Wildman–Crippen MR) is 84.8 cm³/mol. The van der Waals surface area contributed by atoms with Crippen molar-refractivity contribution in [2.24, 2.45) is 0 Å². The first-order valence-electron chi connectivity index (χ1n) is 7.18. The van der Waals surface area contributed by atoms with Gasteiger partial charge in [-0.2, -0.15) is 0 Å². The topological polar surface area (TPSA) is 70.7 Å². The smallest absolute Gasteiger partial charge is 0.308 e. The Kier molecular flexibility index (Phi) is 7.74. The minimum Gasteiger partial charge on any atom is -0.466 e. The Bertz CT molecular complexity index is 401. The lowest BCUT2D eigenvalue weighted by Gasteiger charge is -2.36. The Morgan fingerprint density at radius 3 is 3.10 bits per heavy atom. The average Bonchev–Trinajstić information content (AvgIpc) is 2.47. The third kappa shape index (κ3) is 5.71. The van der Waals surface area contributed by atoms with Crippen molar-refractivity contribution in [1.82, 2.24) is 15.5 Å². The van der Waals surface area contributed by atoms with Crippen molar-refractivity contribution >= 4 is 29.2 Å². The Balaban J connectivity index is 2.59. The lowest BCUT2D eigenvalue weighted by atomic mass is 10.1. The number of piperazine rings is 1. The summed E-state index contributed by atoms with van der Waals surface area (Å²) < 4.78 is 5.12. The number of nitrogens with one attached hydrogen (secondary N) is 2. The number of unbranched alkanes of at least 4 members (excludes halogenated alkanes) is 1. The van der Waals surface area contributed by atoms with Crippen molar-refractivity contribution < 1.29 is 14.3 Å². The number of carbonyl (C=O) groups is 2. The third-order valence-electron chi connectivity index (χ3n) is 3.11. The van der Waals surface area contributed by atoms with E-state index in [0.717, 1.165) is 12.8 Å². The Morgan fingerprint density at radius 1 is 1.67 bits per heavy atom. The molecule has 1 aliphatic heterocycles. The molecule has 1 aliphatic rings. The van der Waals surface area contributed by atoms with Gasteiger partial charge in [-0.3, -0.25) is 9.59 Å². The van der Waals surface area contributed by atoms with Crippen molar-refractivity contribution in [2.75, 3.05) is 26.2 Å². The standard InChI is InChI=1S/C14H23N3O3S/c1-3-5-9-20-12(18)10-11-13(19)15-7-8-17(11)14(21)16-6-4-2/h4,11H,2-3,5-10H2,1H3,(H,15,19)(H,16,21). The van der Waals surface area contributed by atoms with Crippen molar-refractivity contribution in [3.05, 3.63) is 12.7 Å². The van der Waals surface area contributed by atoms with Crippen molar-refractivity contribution in [2.45, 2.75) is 32.2 Å². The van der Waals surface area contributed by atoms with Gasteiger partial charge < -0.3 is 20.3 Å². The molecule has 0 aromatic rings. The van der Waals surface area contributed by atoms with E-state index < -0.39 is 6.04 Å². The first-order chi connectivity index (χ1) is 10.1. The summed E-state index contributed by atoms with van der Waals surface area (Å²) in [5.74, 6) is -0.571. The average molecular weight is 313 g/mol. The number of rotatable bonds is 7. The van der Waals surface area contributed by atoms with Gasteiger partial charge in [-0.05, 0) is 18.6 Å². The van der Waals surface area contributed by atoms with Gasteiger partial charge in [0.1, 0.15) is 6.04 Å². The van der Waals surface area contributed by atoms with Crippen LogP contribution in [0.25, 0.3) is 0 Å². The van der Waals surface area contributed by atoms with Crippen LogP contribution >= 0.6 is 12.2 Å². The van der Waals surface area contributed by atoms with Crippen molar-refractivity contribution in [1.29, 1.82) is 0 Å². The largest absolute Gasteiger partial charge is 0.466 e. The zero-order valence-corrected chi connectivity index (χ0v) is 13.2. The molecular formula is C14H23N3O3S. The van der Waals surface area contributed by atoms with Gasteiger partial charge in [0.25, 0.3) is 0 Å². The molecular weight excluding hydrogens is 290 g/mol. The number of ether oxygens (including phenoxy) is 1. The molecule has 0 aliphatic carbocycles. The Labute approximate surface area is 130 Å². The molecule has 1 fully saturated rings. The molecule has 21 heavy (non-hydrogen) atoms. The van der Waals surface area contributed by atoms with Gasteiger partial charge in [-0.1, -0.05) is 19.4 Å². The maximum Gasteiger partial charge on any atom is 0.308 e. The van der Waals surface area contributed by atoms with Gasteiger partial charge in [-0.25, -0.2) is 0 Å². The van der Waals surface area contributed by atoms with Gasteiger partial charge in [0.15, 0.2) is 5.11 Å². The Hall–Kier alpha value is -1.63. The van der Waals surface area contributed by atoms with Gasteiger partial charge in [0.05, 0.1) is 13.0 Å². The maximum atomic E-state index is 12.0. The first-order valence-corrected chi connectivity index (χ1v) is 7.59. The summed E-state index contributed by atoms with van der Waals surface area (Å²) in [5, 5.41) is 6.19. The summed E-state index contributed by atoms with van der Waals surface area (Å²) in [6.45, 7) is 7.62. The molecule has 0 aromatic carbocycles. The van der Waals surface area contributed by atoms with E-state index in [4.69, 9.17) is 17.0 Å². The highest BCUT2D eigenvalue weighted by Gasteiger charge is 2.33. The highest BCUT2D eigenvalue weighted by molar-refractivity contribution is 7.80. The molecule has 7 heteroatoms. The van der Waals surface area contributed by atoms with E-state index in [9.17, 15) is 9.59 Å². The summed E-state index contributed by atoms with van der Waals surface area (Å²) in [5.41, 5.74) is 0. The van der Waals surface area contributed by atoms with E-state index in [1.807, 2.05) is 6.92 Å². The summed E-state index contributed by atoms with van der Waals surface area (Å²) in [6.07, 6.45) is 3.47. The summed E-state index contributed by atoms with van der Waals surface area (Å²) >= 11 is 5.26. The molecule has 0 aromatic heterocycles. The van der Waals surface area contributed by atoms with E-state index in [2.05, 4.69) is 17.2 Å². The molecule has 1 unspecified atom stereocenters. The first kappa shape index (κ1) is 17.4. The van der Waals surface area contributed by atoms with Crippen LogP contribution < -0.4 is 10.6 Å². The molecule has 1 rings (SSSR count). The van der Waals surface area contributed by atoms with Crippen LogP contribution in [0, 0.1) is 0 Å². The van der Waals surface area contributed by atoms with E-state index >= 15 is 0 Å². The van der Waals surface area contributed by atoms with Crippen LogP contribution in [0.1, 0.15) is 26.2 Å². The van der Waals surface area contributed by atoms with Crippen molar-refractivity contribution in [3.8, 4) is 0 Å². The lowest BCUT2D eigenvalue weighted by molar-refractivity contribution is -0.147. The van der Waals surface area contributed by atoms with Crippen LogP contribution in [0.2, 0.25) is 0 Å². The molecule has 1 heterocycles. The zero-order chi connectivity index (χ0) is 15.7. The highest BCUT2D eigenvalue weighted by atomic mass is 32.1. The van der Waals surface area contributed by atoms with Gasteiger partial charge >= 0.3 is 5.97 Å². The molecule has 118 valence electrons. The second-order valence-corrected chi connectivity index (χ2v) is 5.14. The summed E-state index contributed by atoms with van der Waals surface area (Å²) in [4.78, 5) is 25.5. The fraction of sp³-hybridized carbons (Fsp3) is 0.643. The number of hydrogen-bond acceptors (Lipinski definition) is 4. The number of hydrogen-bond donors (Lipinski definition) is 2. The van der Waals surface area contributed by atoms with E-state index in [-0.39, 0.29) is 18.3 Å². The number of thiocarbonyl (C=S) groups is 1.